The van der Waals surface area contributed by atoms with Crippen molar-refractivity contribution in [2.75, 3.05) is 24.3 Å². The Hall–Kier alpha value is -0.230. The Morgan fingerprint density at radius 2 is 2.11 bits per heavy atom. The van der Waals surface area contributed by atoms with Gasteiger partial charge in [0.15, 0.2) is 0 Å². The SMILES string of the molecule is CCCNCc1ccc(SCCS(C)(=O)=O)cc1Cl. The van der Waals surface area contributed by atoms with Gasteiger partial charge in [0.05, 0.1) is 5.75 Å². The van der Waals surface area contributed by atoms with Crippen molar-refractivity contribution >= 4 is 33.2 Å². The highest BCUT2D eigenvalue weighted by molar-refractivity contribution is 8.00. The summed E-state index contributed by atoms with van der Waals surface area (Å²) in [5.74, 6) is 0.748. The lowest BCUT2D eigenvalue weighted by molar-refractivity contribution is 0.603. The van der Waals surface area contributed by atoms with Gasteiger partial charge in [-0.05, 0) is 30.7 Å². The number of nitrogens with one attached hydrogen (secondary N) is 1. The maximum absolute atomic E-state index is 11.0. The second kappa shape index (κ2) is 8.15. The van der Waals surface area contributed by atoms with Gasteiger partial charge >= 0.3 is 0 Å². The molecule has 0 aromatic heterocycles. The minimum atomic E-state index is -2.89. The Kier molecular flexibility index (Phi) is 7.21. The molecule has 1 aromatic carbocycles. The van der Waals surface area contributed by atoms with Crippen LogP contribution in [0.3, 0.4) is 0 Å². The Morgan fingerprint density at radius 1 is 1.37 bits per heavy atom. The predicted octanol–water partition coefficient (Wildman–Crippen LogP) is 2.98. The Morgan fingerprint density at radius 3 is 2.68 bits per heavy atom. The van der Waals surface area contributed by atoms with Gasteiger partial charge in [0.1, 0.15) is 9.84 Å². The van der Waals surface area contributed by atoms with Gasteiger partial charge in [0, 0.05) is 28.5 Å². The molecule has 0 amide bonds. The van der Waals surface area contributed by atoms with Crippen LogP contribution in [0.15, 0.2) is 23.1 Å². The average molecular weight is 322 g/mol. The summed E-state index contributed by atoms with van der Waals surface area (Å²) in [6.07, 6.45) is 2.35. The maximum Gasteiger partial charge on any atom is 0.148 e. The summed E-state index contributed by atoms with van der Waals surface area (Å²) in [5, 5.41) is 4.03. The van der Waals surface area contributed by atoms with Crippen LogP contribution < -0.4 is 5.32 Å². The quantitative estimate of drug-likeness (QED) is 0.590. The monoisotopic (exact) mass is 321 g/mol. The second-order valence-electron chi connectivity index (χ2n) is 4.41. The zero-order valence-corrected chi connectivity index (χ0v) is 13.7. The maximum atomic E-state index is 11.0. The molecule has 19 heavy (non-hydrogen) atoms. The van der Waals surface area contributed by atoms with Gasteiger partial charge in [-0.15, -0.1) is 11.8 Å². The van der Waals surface area contributed by atoms with E-state index in [-0.39, 0.29) is 5.75 Å². The van der Waals surface area contributed by atoms with E-state index < -0.39 is 9.84 Å². The lowest BCUT2D eigenvalue weighted by Crippen LogP contribution is -2.14. The molecule has 0 unspecified atom stereocenters. The summed E-state index contributed by atoms with van der Waals surface area (Å²) < 4.78 is 22.1. The van der Waals surface area contributed by atoms with E-state index in [4.69, 9.17) is 11.6 Å². The number of halogens is 1. The number of hydrogen-bond donors (Lipinski definition) is 1. The molecule has 1 aromatic rings. The highest BCUT2D eigenvalue weighted by atomic mass is 35.5. The number of hydrogen-bond acceptors (Lipinski definition) is 4. The van der Waals surface area contributed by atoms with Crippen molar-refractivity contribution in [3.8, 4) is 0 Å². The summed E-state index contributed by atoms with van der Waals surface area (Å²) in [6.45, 7) is 3.86. The first-order chi connectivity index (χ1) is 8.92. The van der Waals surface area contributed by atoms with E-state index in [1.54, 1.807) is 0 Å². The number of sulfone groups is 1. The molecule has 6 heteroatoms. The van der Waals surface area contributed by atoms with E-state index >= 15 is 0 Å². The van der Waals surface area contributed by atoms with E-state index in [1.165, 1.54) is 18.0 Å². The Balaban J connectivity index is 2.51. The largest absolute Gasteiger partial charge is 0.313 e. The van der Waals surface area contributed by atoms with Crippen LogP contribution in [0.2, 0.25) is 5.02 Å². The molecule has 0 saturated carbocycles. The second-order valence-corrected chi connectivity index (χ2v) is 8.24. The molecule has 0 saturated heterocycles. The van der Waals surface area contributed by atoms with Crippen molar-refractivity contribution in [2.24, 2.45) is 0 Å². The van der Waals surface area contributed by atoms with Crippen LogP contribution in [0.25, 0.3) is 0 Å². The number of rotatable bonds is 8. The van der Waals surface area contributed by atoms with Crippen molar-refractivity contribution in [3.05, 3.63) is 28.8 Å². The van der Waals surface area contributed by atoms with Crippen molar-refractivity contribution in [3.63, 3.8) is 0 Å². The van der Waals surface area contributed by atoms with E-state index in [1.807, 2.05) is 18.2 Å². The zero-order valence-electron chi connectivity index (χ0n) is 11.3. The fraction of sp³-hybridized carbons (Fsp3) is 0.538. The van der Waals surface area contributed by atoms with Crippen LogP contribution in [0, 0.1) is 0 Å². The molecular weight excluding hydrogens is 302 g/mol. The fourth-order valence-electron chi connectivity index (χ4n) is 1.47. The normalized spacial score (nSPS) is 11.7. The van der Waals surface area contributed by atoms with Gasteiger partial charge in [-0.25, -0.2) is 8.42 Å². The summed E-state index contributed by atoms with van der Waals surface area (Å²) in [7, 11) is -2.89. The molecule has 0 spiro atoms. The third kappa shape index (κ3) is 7.20. The topological polar surface area (TPSA) is 46.2 Å². The van der Waals surface area contributed by atoms with Gasteiger partial charge < -0.3 is 5.32 Å². The van der Waals surface area contributed by atoms with Crippen LogP contribution in [0.4, 0.5) is 0 Å². The third-order valence-electron chi connectivity index (χ3n) is 2.49. The first kappa shape index (κ1) is 16.8. The molecular formula is C13H20ClNO2S2. The Bertz CT molecular complexity index is 503. The van der Waals surface area contributed by atoms with Crippen molar-refractivity contribution < 1.29 is 8.42 Å². The van der Waals surface area contributed by atoms with Crippen LogP contribution in [0.5, 0.6) is 0 Å². The van der Waals surface area contributed by atoms with Crippen molar-refractivity contribution in [1.29, 1.82) is 0 Å². The Labute approximate surface area is 125 Å². The lowest BCUT2D eigenvalue weighted by atomic mass is 10.2. The van der Waals surface area contributed by atoms with Crippen LogP contribution in [0.1, 0.15) is 18.9 Å². The van der Waals surface area contributed by atoms with Gasteiger partial charge in [-0.1, -0.05) is 24.6 Å². The standard InChI is InChI=1S/C13H20ClNO2S2/c1-3-6-15-10-11-4-5-12(9-13(11)14)18-7-8-19(2,16)17/h4-5,9,15H,3,6-8,10H2,1-2H3. The number of thioether (sulfide) groups is 1. The van der Waals surface area contributed by atoms with Crippen LogP contribution in [-0.2, 0) is 16.4 Å². The zero-order chi connectivity index (χ0) is 14.3. The minimum absolute atomic E-state index is 0.190. The molecule has 108 valence electrons. The summed E-state index contributed by atoms with van der Waals surface area (Å²) >= 11 is 7.72. The number of benzene rings is 1. The minimum Gasteiger partial charge on any atom is -0.313 e. The third-order valence-corrected chi connectivity index (χ3v) is 5.04. The highest BCUT2D eigenvalue weighted by Gasteiger charge is 2.05. The van der Waals surface area contributed by atoms with Gasteiger partial charge in [0.25, 0.3) is 0 Å². The van der Waals surface area contributed by atoms with Crippen LogP contribution >= 0.6 is 23.4 Å². The molecule has 0 fully saturated rings. The van der Waals surface area contributed by atoms with Gasteiger partial charge in [0.2, 0.25) is 0 Å². The lowest BCUT2D eigenvalue weighted by Gasteiger charge is -2.08. The predicted molar refractivity (Wildman–Crippen MR) is 83.9 cm³/mol. The molecule has 0 aliphatic heterocycles. The van der Waals surface area contributed by atoms with Gasteiger partial charge in [-0.2, -0.15) is 0 Å². The van der Waals surface area contributed by atoms with E-state index in [9.17, 15) is 8.42 Å². The smallest absolute Gasteiger partial charge is 0.148 e. The average Bonchev–Trinajstić information content (AvgIpc) is 2.30. The van der Waals surface area contributed by atoms with Crippen LogP contribution in [-0.4, -0.2) is 32.7 Å². The van der Waals surface area contributed by atoms with Gasteiger partial charge in [-0.3, -0.25) is 0 Å². The first-order valence-electron chi connectivity index (χ1n) is 6.22. The highest BCUT2D eigenvalue weighted by Crippen LogP contribution is 2.25. The molecule has 0 heterocycles. The summed E-state index contributed by atoms with van der Waals surface area (Å²) in [6, 6.07) is 5.88. The molecule has 3 nitrogen and oxygen atoms in total. The molecule has 0 radical (unpaired) electrons. The van der Waals surface area contributed by atoms with Crippen molar-refractivity contribution in [1.82, 2.24) is 5.32 Å². The molecule has 1 rings (SSSR count). The van der Waals surface area contributed by atoms with E-state index in [0.717, 1.165) is 35.0 Å². The molecule has 0 bridgehead atoms. The molecule has 0 aliphatic carbocycles. The first-order valence-corrected chi connectivity index (χ1v) is 9.64. The fourth-order valence-corrected chi connectivity index (χ4v) is 3.93. The summed E-state index contributed by atoms with van der Waals surface area (Å²) in [4.78, 5) is 1.01. The van der Waals surface area contributed by atoms with E-state index in [0.29, 0.717) is 5.75 Å². The van der Waals surface area contributed by atoms with E-state index in [2.05, 4.69) is 12.2 Å². The molecule has 0 aliphatic rings. The molecule has 1 N–H and O–H groups in total. The van der Waals surface area contributed by atoms with Crippen molar-refractivity contribution in [2.45, 2.75) is 24.8 Å². The summed E-state index contributed by atoms with van der Waals surface area (Å²) in [5.41, 5.74) is 1.07. The molecule has 0 atom stereocenters.